The van der Waals surface area contributed by atoms with Gasteiger partial charge in [0.25, 0.3) is 5.91 Å². The second-order valence-electron chi connectivity index (χ2n) is 7.75. The van der Waals surface area contributed by atoms with E-state index in [0.29, 0.717) is 18.7 Å². The number of para-hydroxylation sites is 1. The first kappa shape index (κ1) is 20.8. The van der Waals surface area contributed by atoms with Crippen LogP contribution in [0.5, 0.6) is 0 Å². The van der Waals surface area contributed by atoms with Crippen LogP contribution in [-0.2, 0) is 19.2 Å². The number of hydroxylamine groups is 1. The van der Waals surface area contributed by atoms with Crippen molar-refractivity contribution >= 4 is 17.6 Å². The van der Waals surface area contributed by atoms with Crippen molar-refractivity contribution < 1.29 is 24.3 Å². The highest BCUT2D eigenvalue weighted by atomic mass is 16.7. The third-order valence-corrected chi connectivity index (χ3v) is 5.75. The quantitative estimate of drug-likeness (QED) is 0.454. The van der Waals surface area contributed by atoms with Gasteiger partial charge in [-0.05, 0) is 31.4 Å². The molecule has 6 heteroatoms. The first-order valence-electron chi connectivity index (χ1n) is 10.5. The van der Waals surface area contributed by atoms with Gasteiger partial charge in [0.1, 0.15) is 0 Å². The fourth-order valence-electron chi connectivity index (χ4n) is 4.31. The van der Waals surface area contributed by atoms with Crippen molar-refractivity contribution in [3.05, 3.63) is 30.3 Å². The van der Waals surface area contributed by atoms with Gasteiger partial charge in [-0.3, -0.25) is 14.4 Å². The molecule has 1 N–H and O–H groups in total. The number of unbranched alkanes of at least 4 members (excludes halogenated alkanes) is 5. The lowest BCUT2D eigenvalue weighted by Crippen LogP contribution is -2.46. The summed E-state index contributed by atoms with van der Waals surface area (Å²) < 4.78 is 5.76. The van der Waals surface area contributed by atoms with Gasteiger partial charge in [0.2, 0.25) is 0 Å². The average Bonchev–Trinajstić information content (AvgIpc) is 3.32. The number of amides is 1. The van der Waals surface area contributed by atoms with E-state index in [2.05, 4.69) is 6.92 Å². The molecular weight excluding hydrogens is 358 g/mol. The Hall–Kier alpha value is -1.92. The van der Waals surface area contributed by atoms with Crippen molar-refractivity contribution in [2.75, 3.05) is 11.7 Å². The van der Waals surface area contributed by atoms with E-state index in [9.17, 15) is 14.7 Å². The number of fused-ring (bicyclic) bond motifs is 2. The Kier molecular flexibility index (Phi) is 7.45. The third-order valence-electron chi connectivity index (χ3n) is 5.75. The second-order valence-corrected chi connectivity index (χ2v) is 7.75. The van der Waals surface area contributed by atoms with Gasteiger partial charge in [0.05, 0.1) is 36.3 Å². The molecule has 0 spiro atoms. The third kappa shape index (κ3) is 4.73. The molecule has 2 aliphatic heterocycles. The molecule has 3 rings (SSSR count). The van der Waals surface area contributed by atoms with Crippen LogP contribution in [0.3, 0.4) is 0 Å². The summed E-state index contributed by atoms with van der Waals surface area (Å²) in [5, 5.41) is 10.9. The number of hydrogen-bond donors (Lipinski definition) is 1. The lowest BCUT2D eigenvalue weighted by molar-refractivity contribution is -0.148. The van der Waals surface area contributed by atoms with Crippen molar-refractivity contribution in [1.29, 1.82) is 0 Å². The topological polar surface area (TPSA) is 76.1 Å². The van der Waals surface area contributed by atoms with Crippen LogP contribution in [0, 0.1) is 11.8 Å². The predicted octanol–water partition coefficient (Wildman–Crippen LogP) is 4.19. The molecule has 0 saturated carbocycles. The molecule has 1 aromatic rings. The van der Waals surface area contributed by atoms with Gasteiger partial charge in [-0.2, -0.15) is 5.06 Å². The first-order valence-corrected chi connectivity index (χ1v) is 10.5. The summed E-state index contributed by atoms with van der Waals surface area (Å²) in [6.45, 7) is 2.63. The maximum absolute atomic E-state index is 13.3. The Morgan fingerprint density at radius 3 is 2.36 bits per heavy atom. The number of benzene rings is 1. The Balaban J connectivity index is 1.65. The van der Waals surface area contributed by atoms with Crippen LogP contribution in [0.4, 0.5) is 5.69 Å². The van der Waals surface area contributed by atoms with Crippen LogP contribution < -0.4 is 5.06 Å². The van der Waals surface area contributed by atoms with Gasteiger partial charge in [-0.25, -0.2) is 0 Å². The number of rotatable bonds is 11. The Bertz CT molecular complexity index is 650. The number of anilines is 1. The maximum atomic E-state index is 13.3. The number of carbonyl (C=O) groups excluding carboxylic acids is 1. The predicted molar refractivity (Wildman–Crippen MR) is 106 cm³/mol. The molecule has 4 unspecified atom stereocenters. The summed E-state index contributed by atoms with van der Waals surface area (Å²) in [4.78, 5) is 31.0. The second kappa shape index (κ2) is 10.0. The first-order chi connectivity index (χ1) is 13.6. The number of aliphatic carboxylic acids is 1. The highest BCUT2D eigenvalue weighted by Gasteiger charge is 2.56. The van der Waals surface area contributed by atoms with Gasteiger partial charge >= 0.3 is 5.97 Å². The zero-order valence-corrected chi connectivity index (χ0v) is 16.6. The fourth-order valence-corrected chi connectivity index (χ4v) is 4.31. The Morgan fingerprint density at radius 1 is 1.04 bits per heavy atom. The lowest BCUT2D eigenvalue weighted by Gasteiger charge is -2.30. The average molecular weight is 389 g/mol. The smallest absolute Gasteiger partial charge is 0.310 e. The molecule has 154 valence electrons. The molecule has 0 radical (unpaired) electrons. The molecule has 0 aromatic heterocycles. The minimum Gasteiger partial charge on any atom is -0.481 e. The van der Waals surface area contributed by atoms with E-state index in [-0.39, 0.29) is 18.1 Å². The number of carboxylic acid groups (broad SMARTS) is 1. The van der Waals surface area contributed by atoms with Crippen LogP contribution in [0.1, 0.15) is 58.3 Å². The van der Waals surface area contributed by atoms with Crippen LogP contribution in [0.2, 0.25) is 0 Å². The number of carboxylic acids is 1. The highest BCUT2D eigenvalue weighted by Crippen LogP contribution is 2.44. The number of nitrogens with zero attached hydrogens (tertiary/aromatic N) is 1. The molecule has 1 amide bonds. The normalized spacial score (nSPS) is 25.8. The van der Waals surface area contributed by atoms with Crippen LogP contribution in [0.15, 0.2) is 30.3 Å². The zero-order chi connectivity index (χ0) is 19.9. The van der Waals surface area contributed by atoms with Crippen molar-refractivity contribution in [2.45, 2.75) is 70.5 Å². The molecule has 2 saturated heterocycles. The van der Waals surface area contributed by atoms with Gasteiger partial charge in [0.15, 0.2) is 0 Å². The number of carbonyl (C=O) groups is 2. The van der Waals surface area contributed by atoms with E-state index in [0.717, 1.165) is 25.7 Å². The van der Waals surface area contributed by atoms with Crippen molar-refractivity contribution in [3.8, 4) is 0 Å². The van der Waals surface area contributed by atoms with E-state index in [1.807, 2.05) is 30.3 Å². The summed E-state index contributed by atoms with van der Waals surface area (Å²) in [5.74, 6) is -2.76. The minimum atomic E-state index is -0.963. The summed E-state index contributed by atoms with van der Waals surface area (Å²) in [7, 11) is 0. The monoisotopic (exact) mass is 389 g/mol. The molecular formula is C22H31NO5. The summed E-state index contributed by atoms with van der Waals surface area (Å²) in [6, 6.07) is 9.18. The molecule has 2 bridgehead atoms. The minimum absolute atomic E-state index is 0.309. The van der Waals surface area contributed by atoms with Gasteiger partial charge < -0.3 is 9.84 Å². The molecule has 1 aromatic carbocycles. The van der Waals surface area contributed by atoms with Crippen LogP contribution >= 0.6 is 0 Å². The standard InChI is InChI=1S/C22H31NO5/c1-2-3-4-5-6-10-15-27-23(16-11-8-7-9-12-16)21(24)19-17-13-14-18(28-17)20(19)22(25)26/h7-9,11-12,17-20H,2-6,10,13-15H2,1H3,(H,25,26). The van der Waals surface area contributed by atoms with Gasteiger partial charge in [-0.1, -0.05) is 57.2 Å². The van der Waals surface area contributed by atoms with E-state index in [4.69, 9.17) is 9.57 Å². The number of ether oxygens (including phenoxy) is 1. The van der Waals surface area contributed by atoms with E-state index >= 15 is 0 Å². The van der Waals surface area contributed by atoms with E-state index in [1.54, 1.807) is 0 Å². The molecule has 4 atom stereocenters. The van der Waals surface area contributed by atoms with E-state index < -0.39 is 17.8 Å². The van der Waals surface area contributed by atoms with Crippen LogP contribution in [-0.4, -0.2) is 35.8 Å². The van der Waals surface area contributed by atoms with Crippen molar-refractivity contribution in [2.24, 2.45) is 11.8 Å². The maximum Gasteiger partial charge on any atom is 0.310 e. The van der Waals surface area contributed by atoms with Crippen LogP contribution in [0.25, 0.3) is 0 Å². The van der Waals surface area contributed by atoms with Crippen molar-refractivity contribution in [3.63, 3.8) is 0 Å². The molecule has 28 heavy (non-hydrogen) atoms. The molecule has 2 heterocycles. The largest absolute Gasteiger partial charge is 0.481 e. The molecule has 6 nitrogen and oxygen atoms in total. The number of hydrogen-bond acceptors (Lipinski definition) is 4. The molecule has 2 aliphatic rings. The fraction of sp³-hybridized carbons (Fsp3) is 0.636. The van der Waals surface area contributed by atoms with Crippen molar-refractivity contribution in [1.82, 2.24) is 0 Å². The molecule has 0 aliphatic carbocycles. The van der Waals surface area contributed by atoms with Gasteiger partial charge in [0, 0.05) is 0 Å². The Labute approximate surface area is 166 Å². The summed E-state index contributed by atoms with van der Waals surface area (Å²) in [6.07, 6.45) is 7.51. The summed E-state index contributed by atoms with van der Waals surface area (Å²) >= 11 is 0. The zero-order valence-electron chi connectivity index (χ0n) is 16.6. The summed E-state index contributed by atoms with van der Waals surface area (Å²) in [5.41, 5.74) is 0.630. The lowest BCUT2D eigenvalue weighted by atomic mass is 9.78. The highest BCUT2D eigenvalue weighted by molar-refractivity contribution is 5.96. The Morgan fingerprint density at radius 2 is 1.68 bits per heavy atom. The SMILES string of the molecule is CCCCCCCCON(C(=O)C1C2CCC(O2)C1C(=O)O)c1ccccc1. The van der Waals surface area contributed by atoms with Gasteiger partial charge in [-0.15, -0.1) is 0 Å². The van der Waals surface area contributed by atoms with E-state index in [1.165, 1.54) is 24.3 Å². The molecule has 2 fully saturated rings.